The van der Waals surface area contributed by atoms with E-state index in [-0.39, 0.29) is 6.04 Å². The summed E-state index contributed by atoms with van der Waals surface area (Å²) in [5.74, 6) is 1.84. The quantitative estimate of drug-likeness (QED) is 0.898. The molecule has 2 nitrogen and oxygen atoms in total. The average Bonchev–Trinajstić information content (AvgIpc) is 2.37. The number of ether oxygens (including phenoxy) is 1. The Labute approximate surface area is 121 Å². The van der Waals surface area contributed by atoms with Crippen LogP contribution in [-0.2, 0) is 6.42 Å². The van der Waals surface area contributed by atoms with Crippen LogP contribution in [0.2, 0.25) is 0 Å². The average molecular weight is 269 g/mol. The van der Waals surface area contributed by atoms with Gasteiger partial charge in [0.2, 0.25) is 0 Å². The molecule has 2 heteroatoms. The fourth-order valence-corrected chi connectivity index (χ4v) is 2.19. The van der Waals surface area contributed by atoms with Crippen LogP contribution in [0.15, 0.2) is 36.4 Å². The molecular weight excluding hydrogens is 246 g/mol. The number of rotatable bonds is 4. The summed E-state index contributed by atoms with van der Waals surface area (Å²) in [5.41, 5.74) is 10.6. The van der Waals surface area contributed by atoms with Crippen LogP contribution >= 0.6 is 0 Å². The Bertz CT molecular complexity index is 602. The Morgan fingerprint density at radius 1 is 0.950 bits per heavy atom. The summed E-state index contributed by atoms with van der Waals surface area (Å²) in [7, 11) is 0. The van der Waals surface area contributed by atoms with E-state index >= 15 is 0 Å². The molecular formula is C18H23NO. The highest BCUT2D eigenvalue weighted by atomic mass is 16.5. The second-order valence-corrected chi connectivity index (χ2v) is 5.65. The highest BCUT2D eigenvalue weighted by Crippen LogP contribution is 2.29. The van der Waals surface area contributed by atoms with Gasteiger partial charge >= 0.3 is 0 Å². The van der Waals surface area contributed by atoms with E-state index in [0.29, 0.717) is 0 Å². The minimum absolute atomic E-state index is 0.159. The van der Waals surface area contributed by atoms with Crippen LogP contribution in [0, 0.1) is 20.8 Å². The van der Waals surface area contributed by atoms with Crippen molar-refractivity contribution in [3.05, 3.63) is 58.7 Å². The number of aryl methyl sites for hydroxylation is 3. The van der Waals surface area contributed by atoms with Gasteiger partial charge in [-0.05, 0) is 68.5 Å². The molecule has 2 N–H and O–H groups in total. The smallest absolute Gasteiger partial charge is 0.130 e. The molecule has 0 aromatic heterocycles. The van der Waals surface area contributed by atoms with Gasteiger partial charge in [-0.3, -0.25) is 0 Å². The maximum Gasteiger partial charge on any atom is 0.130 e. The Hall–Kier alpha value is -1.80. The second-order valence-electron chi connectivity index (χ2n) is 5.65. The molecule has 0 aliphatic heterocycles. The Morgan fingerprint density at radius 2 is 1.55 bits per heavy atom. The highest BCUT2D eigenvalue weighted by Gasteiger charge is 2.07. The lowest BCUT2D eigenvalue weighted by Gasteiger charge is -2.14. The maximum absolute atomic E-state index is 6.10. The van der Waals surface area contributed by atoms with Crippen molar-refractivity contribution in [2.75, 3.05) is 0 Å². The summed E-state index contributed by atoms with van der Waals surface area (Å²) in [5, 5.41) is 0. The van der Waals surface area contributed by atoms with Crippen molar-refractivity contribution in [1.29, 1.82) is 0 Å². The van der Waals surface area contributed by atoms with Gasteiger partial charge in [-0.1, -0.05) is 24.3 Å². The summed E-state index contributed by atoms with van der Waals surface area (Å²) in [4.78, 5) is 0. The largest absolute Gasteiger partial charge is 0.457 e. The summed E-state index contributed by atoms with van der Waals surface area (Å²) in [6.07, 6.45) is 0.865. The van der Waals surface area contributed by atoms with E-state index in [1.165, 1.54) is 11.1 Å². The summed E-state index contributed by atoms with van der Waals surface area (Å²) in [6, 6.07) is 12.7. The van der Waals surface area contributed by atoms with Crippen molar-refractivity contribution in [3.8, 4) is 11.5 Å². The third-order valence-electron chi connectivity index (χ3n) is 3.37. The van der Waals surface area contributed by atoms with Gasteiger partial charge in [0.15, 0.2) is 0 Å². The normalized spacial score (nSPS) is 12.2. The first-order chi connectivity index (χ1) is 9.45. The second kappa shape index (κ2) is 6.10. The summed E-state index contributed by atoms with van der Waals surface area (Å²) in [6.45, 7) is 8.23. The van der Waals surface area contributed by atoms with Gasteiger partial charge < -0.3 is 10.5 Å². The molecule has 0 aliphatic rings. The van der Waals surface area contributed by atoms with E-state index in [1.54, 1.807) is 0 Å². The molecule has 2 aromatic carbocycles. The van der Waals surface area contributed by atoms with Crippen LogP contribution in [0.4, 0.5) is 0 Å². The third kappa shape index (κ3) is 3.61. The topological polar surface area (TPSA) is 35.2 Å². The van der Waals surface area contributed by atoms with Crippen LogP contribution < -0.4 is 10.5 Å². The molecule has 106 valence electrons. The molecule has 0 amide bonds. The minimum atomic E-state index is 0.159. The first-order valence-corrected chi connectivity index (χ1v) is 7.06. The molecule has 0 radical (unpaired) electrons. The van der Waals surface area contributed by atoms with Crippen LogP contribution in [-0.4, -0.2) is 6.04 Å². The molecule has 2 aromatic rings. The molecule has 0 aliphatic carbocycles. The van der Waals surface area contributed by atoms with Crippen molar-refractivity contribution in [2.24, 2.45) is 5.73 Å². The zero-order valence-corrected chi connectivity index (χ0v) is 12.7. The van der Waals surface area contributed by atoms with Gasteiger partial charge in [0.25, 0.3) is 0 Å². The molecule has 0 saturated carbocycles. The van der Waals surface area contributed by atoms with Crippen molar-refractivity contribution in [2.45, 2.75) is 40.2 Å². The lowest BCUT2D eigenvalue weighted by molar-refractivity contribution is 0.474. The predicted molar refractivity (Wildman–Crippen MR) is 84.5 cm³/mol. The van der Waals surface area contributed by atoms with Crippen LogP contribution in [0.25, 0.3) is 0 Å². The van der Waals surface area contributed by atoms with E-state index in [0.717, 1.165) is 29.0 Å². The number of hydrogen-bond acceptors (Lipinski definition) is 2. The molecule has 2 rings (SSSR count). The fraction of sp³-hybridized carbons (Fsp3) is 0.333. The van der Waals surface area contributed by atoms with Gasteiger partial charge in [0.05, 0.1) is 0 Å². The molecule has 0 spiro atoms. The van der Waals surface area contributed by atoms with Crippen LogP contribution in [0.3, 0.4) is 0 Å². The summed E-state index contributed by atoms with van der Waals surface area (Å²) >= 11 is 0. The minimum Gasteiger partial charge on any atom is -0.457 e. The molecule has 0 fully saturated rings. The van der Waals surface area contributed by atoms with E-state index in [2.05, 4.69) is 57.2 Å². The molecule has 0 saturated heterocycles. The van der Waals surface area contributed by atoms with Gasteiger partial charge in [0.1, 0.15) is 11.5 Å². The van der Waals surface area contributed by atoms with Crippen LogP contribution in [0.5, 0.6) is 11.5 Å². The lowest BCUT2D eigenvalue weighted by Crippen LogP contribution is -2.17. The number of hydrogen-bond donors (Lipinski definition) is 1. The molecule has 0 bridgehead atoms. The van der Waals surface area contributed by atoms with Crippen molar-refractivity contribution in [1.82, 2.24) is 0 Å². The van der Waals surface area contributed by atoms with Crippen LogP contribution in [0.1, 0.15) is 29.2 Å². The van der Waals surface area contributed by atoms with E-state index in [4.69, 9.17) is 10.5 Å². The maximum atomic E-state index is 6.10. The number of nitrogens with two attached hydrogens (primary N) is 1. The van der Waals surface area contributed by atoms with E-state index in [1.807, 2.05) is 6.92 Å². The van der Waals surface area contributed by atoms with Gasteiger partial charge in [-0.15, -0.1) is 0 Å². The molecule has 1 unspecified atom stereocenters. The molecule has 1 atom stereocenters. The Kier molecular flexibility index (Phi) is 4.46. The Morgan fingerprint density at radius 3 is 2.20 bits per heavy atom. The van der Waals surface area contributed by atoms with Gasteiger partial charge in [-0.25, -0.2) is 0 Å². The van der Waals surface area contributed by atoms with Crippen molar-refractivity contribution < 1.29 is 4.74 Å². The monoisotopic (exact) mass is 269 g/mol. The zero-order valence-electron chi connectivity index (χ0n) is 12.7. The van der Waals surface area contributed by atoms with E-state index < -0.39 is 0 Å². The first-order valence-electron chi connectivity index (χ1n) is 7.06. The fourth-order valence-electron chi connectivity index (χ4n) is 2.19. The van der Waals surface area contributed by atoms with Crippen molar-refractivity contribution >= 4 is 0 Å². The number of benzene rings is 2. The lowest BCUT2D eigenvalue weighted by atomic mass is 10.1. The molecule has 20 heavy (non-hydrogen) atoms. The third-order valence-corrected chi connectivity index (χ3v) is 3.37. The standard InChI is InChI=1S/C18H23NO/c1-12-5-6-13(2)17(9-12)20-18-11-16(10-15(4)19)8-7-14(18)3/h5-9,11,15H,10,19H2,1-4H3. The molecule has 0 heterocycles. The van der Waals surface area contributed by atoms with Gasteiger partial charge in [-0.2, -0.15) is 0 Å². The highest BCUT2D eigenvalue weighted by molar-refractivity contribution is 5.43. The Balaban J connectivity index is 2.30. The SMILES string of the molecule is Cc1ccc(C)c(Oc2cc(CC(C)N)ccc2C)c1. The first kappa shape index (κ1) is 14.6. The van der Waals surface area contributed by atoms with Crippen molar-refractivity contribution in [3.63, 3.8) is 0 Å². The van der Waals surface area contributed by atoms with Gasteiger partial charge in [0, 0.05) is 6.04 Å². The zero-order chi connectivity index (χ0) is 14.7. The van der Waals surface area contributed by atoms with E-state index in [9.17, 15) is 0 Å². The predicted octanol–water partition coefficient (Wildman–Crippen LogP) is 4.29. The summed E-state index contributed by atoms with van der Waals surface area (Å²) < 4.78 is 6.10.